The molecule has 0 aliphatic heterocycles. The quantitative estimate of drug-likeness (QED) is 0.820. The number of aryl methyl sites for hydroxylation is 2. The summed E-state index contributed by atoms with van der Waals surface area (Å²) in [4.78, 5) is 1.30. The van der Waals surface area contributed by atoms with Gasteiger partial charge in [-0.25, -0.2) is 4.39 Å². The molecule has 0 bridgehead atoms. The van der Waals surface area contributed by atoms with Crippen LogP contribution in [0.15, 0.2) is 23.6 Å². The van der Waals surface area contributed by atoms with Crippen molar-refractivity contribution in [3.63, 3.8) is 0 Å². The molecule has 2 rings (SSSR count). The third-order valence-corrected chi connectivity index (χ3v) is 3.95. The number of nitrogen functional groups attached to an aromatic ring is 1. The lowest BCUT2D eigenvalue weighted by Gasteiger charge is -2.11. The molecule has 0 fully saturated rings. The Morgan fingerprint density at radius 2 is 2.17 bits per heavy atom. The van der Waals surface area contributed by atoms with Crippen LogP contribution in [0.5, 0.6) is 0 Å². The molecule has 0 aliphatic rings. The molecule has 3 N–H and O–H groups in total. The Bertz CT molecular complexity index is 549. The molecule has 0 unspecified atom stereocenters. The minimum Gasteiger partial charge on any atom is -0.397 e. The molecule has 0 saturated heterocycles. The maximum absolute atomic E-state index is 13.3. The Kier molecular flexibility index (Phi) is 3.87. The first-order valence-electron chi connectivity index (χ1n) is 5.96. The summed E-state index contributed by atoms with van der Waals surface area (Å²) >= 11 is 1.73. The molecule has 4 heteroatoms. The van der Waals surface area contributed by atoms with Crippen molar-refractivity contribution in [2.75, 3.05) is 11.1 Å². The Balaban J connectivity index is 2.13. The molecule has 0 radical (unpaired) electrons. The fraction of sp³-hybridized carbons (Fsp3) is 0.286. The molecule has 2 nitrogen and oxygen atoms in total. The lowest BCUT2D eigenvalue weighted by molar-refractivity contribution is 0.619. The molecule has 1 heterocycles. The van der Waals surface area contributed by atoms with Crippen molar-refractivity contribution >= 4 is 22.7 Å². The predicted molar refractivity (Wildman–Crippen MR) is 76.6 cm³/mol. The topological polar surface area (TPSA) is 38.0 Å². The molecule has 1 aromatic carbocycles. The van der Waals surface area contributed by atoms with Gasteiger partial charge in [0, 0.05) is 11.4 Å². The number of anilines is 2. The highest BCUT2D eigenvalue weighted by Gasteiger charge is 2.06. The molecule has 2 aromatic rings. The minimum atomic E-state index is -0.261. The van der Waals surface area contributed by atoms with Crippen molar-refractivity contribution in [3.05, 3.63) is 45.4 Å². The first kappa shape index (κ1) is 12.9. The molecule has 0 amide bonds. The zero-order valence-electron chi connectivity index (χ0n) is 10.6. The molecule has 1 aromatic heterocycles. The number of hydrogen-bond acceptors (Lipinski definition) is 3. The fourth-order valence-electron chi connectivity index (χ4n) is 1.86. The number of rotatable bonds is 4. The highest BCUT2D eigenvalue weighted by atomic mass is 32.1. The predicted octanol–water partition coefficient (Wildman–Crippen LogP) is 3.95. The maximum Gasteiger partial charge on any atom is 0.128 e. The van der Waals surface area contributed by atoms with Crippen LogP contribution in [-0.4, -0.2) is 0 Å². The standard InChI is InChI=1S/C14H17FN2S/c1-3-10-4-5-18-14(10)8-17-13-6-9(2)11(15)7-12(13)16/h4-7,17H,3,8,16H2,1-2H3. The average molecular weight is 264 g/mol. The molecule has 0 saturated carbocycles. The number of nitrogens with two attached hydrogens (primary N) is 1. The summed E-state index contributed by atoms with van der Waals surface area (Å²) in [6.45, 7) is 4.61. The number of halogens is 1. The van der Waals surface area contributed by atoms with E-state index < -0.39 is 0 Å². The van der Waals surface area contributed by atoms with E-state index in [0.717, 1.165) is 18.7 Å². The monoisotopic (exact) mass is 264 g/mol. The van der Waals surface area contributed by atoms with Crippen molar-refractivity contribution in [3.8, 4) is 0 Å². The zero-order chi connectivity index (χ0) is 13.1. The van der Waals surface area contributed by atoms with Crippen LogP contribution in [0.2, 0.25) is 0 Å². The van der Waals surface area contributed by atoms with E-state index in [2.05, 4.69) is 23.7 Å². The van der Waals surface area contributed by atoms with Gasteiger partial charge in [0.1, 0.15) is 5.82 Å². The molecule has 0 aliphatic carbocycles. The number of thiophene rings is 1. The number of benzene rings is 1. The van der Waals surface area contributed by atoms with E-state index in [1.54, 1.807) is 24.3 Å². The van der Waals surface area contributed by atoms with Crippen LogP contribution in [0.4, 0.5) is 15.8 Å². The summed E-state index contributed by atoms with van der Waals surface area (Å²) in [5.74, 6) is -0.261. The summed E-state index contributed by atoms with van der Waals surface area (Å²) < 4.78 is 13.3. The Labute approximate surface area is 111 Å². The van der Waals surface area contributed by atoms with Crippen LogP contribution in [0, 0.1) is 12.7 Å². The lowest BCUT2D eigenvalue weighted by Crippen LogP contribution is -2.04. The van der Waals surface area contributed by atoms with Gasteiger partial charge in [-0.3, -0.25) is 0 Å². The lowest BCUT2D eigenvalue weighted by atomic mass is 10.1. The van der Waals surface area contributed by atoms with Crippen molar-refractivity contribution in [1.82, 2.24) is 0 Å². The fourth-order valence-corrected chi connectivity index (χ4v) is 2.78. The van der Waals surface area contributed by atoms with Crippen LogP contribution in [0.25, 0.3) is 0 Å². The van der Waals surface area contributed by atoms with E-state index in [1.165, 1.54) is 16.5 Å². The van der Waals surface area contributed by atoms with E-state index in [-0.39, 0.29) is 5.82 Å². The second-order valence-corrected chi connectivity index (χ2v) is 5.27. The van der Waals surface area contributed by atoms with Crippen LogP contribution < -0.4 is 11.1 Å². The average Bonchev–Trinajstić information content (AvgIpc) is 2.79. The van der Waals surface area contributed by atoms with E-state index in [9.17, 15) is 4.39 Å². The third kappa shape index (κ3) is 2.64. The van der Waals surface area contributed by atoms with Gasteiger partial charge in [-0.2, -0.15) is 0 Å². The Hall–Kier alpha value is -1.55. The first-order valence-corrected chi connectivity index (χ1v) is 6.84. The Morgan fingerprint density at radius 1 is 1.39 bits per heavy atom. The van der Waals surface area contributed by atoms with Crippen molar-refractivity contribution in [2.45, 2.75) is 26.8 Å². The van der Waals surface area contributed by atoms with Gasteiger partial charge < -0.3 is 11.1 Å². The van der Waals surface area contributed by atoms with Gasteiger partial charge >= 0.3 is 0 Å². The second-order valence-electron chi connectivity index (χ2n) is 4.26. The molecular formula is C14H17FN2S. The maximum atomic E-state index is 13.3. The van der Waals surface area contributed by atoms with Gasteiger partial charge in [0.25, 0.3) is 0 Å². The minimum absolute atomic E-state index is 0.261. The molecule has 0 atom stereocenters. The van der Waals surface area contributed by atoms with Crippen molar-refractivity contribution in [1.29, 1.82) is 0 Å². The van der Waals surface area contributed by atoms with Gasteiger partial charge in [-0.1, -0.05) is 6.92 Å². The number of hydrogen-bond donors (Lipinski definition) is 2. The van der Waals surface area contributed by atoms with E-state index in [1.807, 2.05) is 0 Å². The summed E-state index contributed by atoms with van der Waals surface area (Å²) in [5, 5.41) is 5.37. The number of nitrogens with one attached hydrogen (secondary N) is 1. The summed E-state index contributed by atoms with van der Waals surface area (Å²) in [5.41, 5.74) is 9.01. The van der Waals surface area contributed by atoms with Crippen LogP contribution in [0.1, 0.15) is 22.9 Å². The first-order chi connectivity index (χ1) is 8.61. The highest BCUT2D eigenvalue weighted by Crippen LogP contribution is 2.25. The van der Waals surface area contributed by atoms with Crippen molar-refractivity contribution < 1.29 is 4.39 Å². The van der Waals surface area contributed by atoms with Gasteiger partial charge in [-0.15, -0.1) is 11.3 Å². The SMILES string of the molecule is CCc1ccsc1CNc1cc(C)c(F)cc1N. The molecule has 96 valence electrons. The van der Waals surface area contributed by atoms with Crippen molar-refractivity contribution in [2.24, 2.45) is 0 Å². The van der Waals surface area contributed by atoms with Crippen LogP contribution in [0.3, 0.4) is 0 Å². The molecular weight excluding hydrogens is 247 g/mol. The van der Waals surface area contributed by atoms with E-state index in [4.69, 9.17) is 5.73 Å². The van der Waals surface area contributed by atoms with Gasteiger partial charge in [-0.05, 0) is 48.1 Å². The largest absolute Gasteiger partial charge is 0.397 e. The van der Waals surface area contributed by atoms with E-state index >= 15 is 0 Å². The highest BCUT2D eigenvalue weighted by molar-refractivity contribution is 7.10. The summed E-state index contributed by atoms with van der Waals surface area (Å²) in [7, 11) is 0. The normalized spacial score (nSPS) is 10.6. The Morgan fingerprint density at radius 3 is 2.89 bits per heavy atom. The molecule has 18 heavy (non-hydrogen) atoms. The van der Waals surface area contributed by atoms with Gasteiger partial charge in [0.05, 0.1) is 11.4 Å². The zero-order valence-corrected chi connectivity index (χ0v) is 11.4. The molecule has 0 spiro atoms. The van der Waals surface area contributed by atoms with E-state index in [0.29, 0.717) is 11.3 Å². The smallest absolute Gasteiger partial charge is 0.128 e. The second kappa shape index (κ2) is 5.40. The van der Waals surface area contributed by atoms with Crippen LogP contribution in [-0.2, 0) is 13.0 Å². The van der Waals surface area contributed by atoms with Gasteiger partial charge in [0.15, 0.2) is 0 Å². The summed E-state index contributed by atoms with van der Waals surface area (Å²) in [6.07, 6.45) is 1.03. The van der Waals surface area contributed by atoms with Crippen LogP contribution >= 0.6 is 11.3 Å². The third-order valence-electron chi connectivity index (χ3n) is 2.99. The van der Waals surface area contributed by atoms with Gasteiger partial charge in [0.2, 0.25) is 0 Å². The summed E-state index contributed by atoms with van der Waals surface area (Å²) in [6, 6.07) is 5.26.